The molecule has 2 amide bonds. The fourth-order valence-electron chi connectivity index (χ4n) is 3.57. The molecule has 1 saturated heterocycles. The first-order chi connectivity index (χ1) is 13.2. The van der Waals surface area contributed by atoms with Gasteiger partial charge in [0.25, 0.3) is 0 Å². The van der Waals surface area contributed by atoms with Gasteiger partial charge in [0.15, 0.2) is 0 Å². The lowest BCUT2D eigenvalue weighted by molar-refractivity contribution is -0.138. The lowest BCUT2D eigenvalue weighted by Gasteiger charge is -2.39. The Hall–Kier alpha value is -2.18. The lowest BCUT2D eigenvalue weighted by Crippen LogP contribution is -2.47. The van der Waals surface area contributed by atoms with Crippen LogP contribution >= 0.6 is 11.3 Å². The first-order valence-electron chi connectivity index (χ1n) is 9.32. The minimum atomic E-state index is -0.172. The molecular weight excluding hydrogens is 360 g/mol. The number of methoxy groups -OCH3 is 1. The van der Waals surface area contributed by atoms with E-state index in [4.69, 9.17) is 4.74 Å². The van der Waals surface area contributed by atoms with Crippen LogP contribution in [0, 0.1) is 5.92 Å². The molecule has 1 fully saturated rings. The Bertz CT molecular complexity index is 733. The number of hydrogen-bond donors (Lipinski definition) is 1. The Morgan fingerprint density at radius 3 is 2.70 bits per heavy atom. The van der Waals surface area contributed by atoms with Crippen molar-refractivity contribution in [1.82, 2.24) is 10.2 Å². The summed E-state index contributed by atoms with van der Waals surface area (Å²) in [5.74, 6) is -0.0812. The summed E-state index contributed by atoms with van der Waals surface area (Å²) in [5, 5.41) is 4.90. The molecule has 1 aliphatic heterocycles. The summed E-state index contributed by atoms with van der Waals surface area (Å²) in [6.45, 7) is 1.45. The van der Waals surface area contributed by atoms with Crippen LogP contribution in [0.1, 0.15) is 29.3 Å². The highest BCUT2D eigenvalue weighted by Crippen LogP contribution is 2.34. The number of amides is 2. The van der Waals surface area contributed by atoms with Crippen molar-refractivity contribution in [3.8, 4) is 0 Å². The second-order valence-corrected chi connectivity index (χ2v) is 7.82. The zero-order valence-corrected chi connectivity index (χ0v) is 16.4. The van der Waals surface area contributed by atoms with Crippen LogP contribution in [-0.2, 0) is 20.7 Å². The van der Waals surface area contributed by atoms with E-state index in [1.54, 1.807) is 18.4 Å². The number of nitrogens with zero attached hydrogens (tertiary/aromatic N) is 1. The predicted octanol–water partition coefficient (Wildman–Crippen LogP) is 3.03. The van der Waals surface area contributed by atoms with Gasteiger partial charge in [-0.3, -0.25) is 9.59 Å². The van der Waals surface area contributed by atoms with Gasteiger partial charge < -0.3 is 15.0 Å². The SMILES string of the molecule is COCCNC(=O)[C@@H]1CC[C@H](c2ccccc2)N(C(=O)Cc2cccs2)C1. The van der Waals surface area contributed by atoms with Crippen molar-refractivity contribution < 1.29 is 14.3 Å². The fourth-order valence-corrected chi connectivity index (χ4v) is 4.26. The van der Waals surface area contributed by atoms with E-state index in [1.807, 2.05) is 40.6 Å². The van der Waals surface area contributed by atoms with E-state index in [0.29, 0.717) is 26.1 Å². The van der Waals surface area contributed by atoms with Crippen molar-refractivity contribution in [3.63, 3.8) is 0 Å². The normalized spacial score (nSPS) is 19.7. The summed E-state index contributed by atoms with van der Waals surface area (Å²) in [5.41, 5.74) is 1.13. The number of ether oxygens (including phenoxy) is 1. The molecule has 6 heteroatoms. The molecule has 5 nitrogen and oxygen atoms in total. The number of nitrogens with one attached hydrogen (secondary N) is 1. The highest BCUT2D eigenvalue weighted by molar-refractivity contribution is 7.10. The summed E-state index contributed by atoms with van der Waals surface area (Å²) >= 11 is 1.59. The number of carbonyl (C=O) groups is 2. The second-order valence-electron chi connectivity index (χ2n) is 6.79. The molecule has 0 radical (unpaired) electrons. The third-order valence-corrected chi connectivity index (χ3v) is 5.84. The molecule has 2 atom stereocenters. The Balaban J connectivity index is 1.73. The number of carbonyl (C=O) groups excluding carboxylic acids is 2. The maximum absolute atomic E-state index is 13.1. The molecule has 1 N–H and O–H groups in total. The van der Waals surface area contributed by atoms with E-state index >= 15 is 0 Å². The maximum atomic E-state index is 13.1. The number of thiophene rings is 1. The highest BCUT2D eigenvalue weighted by atomic mass is 32.1. The number of rotatable bonds is 7. The summed E-state index contributed by atoms with van der Waals surface area (Å²) in [7, 11) is 1.61. The molecule has 0 saturated carbocycles. The summed E-state index contributed by atoms with van der Waals surface area (Å²) in [6, 6.07) is 14.1. The first-order valence-corrected chi connectivity index (χ1v) is 10.2. The topological polar surface area (TPSA) is 58.6 Å². The molecule has 27 heavy (non-hydrogen) atoms. The van der Waals surface area contributed by atoms with Gasteiger partial charge >= 0.3 is 0 Å². The van der Waals surface area contributed by atoms with E-state index in [2.05, 4.69) is 17.4 Å². The van der Waals surface area contributed by atoms with Crippen molar-refractivity contribution in [2.75, 3.05) is 26.8 Å². The molecule has 0 spiro atoms. The molecule has 3 rings (SSSR count). The Kier molecular flexibility index (Phi) is 7.01. The van der Waals surface area contributed by atoms with E-state index in [9.17, 15) is 9.59 Å². The minimum Gasteiger partial charge on any atom is -0.383 e. The van der Waals surface area contributed by atoms with Gasteiger partial charge in [0, 0.05) is 25.1 Å². The molecule has 0 aliphatic carbocycles. The number of piperidine rings is 1. The van der Waals surface area contributed by atoms with Crippen LogP contribution in [0.4, 0.5) is 0 Å². The highest BCUT2D eigenvalue weighted by Gasteiger charge is 2.35. The minimum absolute atomic E-state index is 0.00693. The molecule has 2 aromatic rings. The third kappa shape index (κ3) is 5.17. The molecule has 1 aromatic carbocycles. The van der Waals surface area contributed by atoms with Crippen LogP contribution in [0.25, 0.3) is 0 Å². The number of hydrogen-bond acceptors (Lipinski definition) is 4. The Labute approximate surface area is 164 Å². The molecule has 144 valence electrons. The monoisotopic (exact) mass is 386 g/mol. The Morgan fingerprint density at radius 2 is 2.00 bits per heavy atom. The largest absolute Gasteiger partial charge is 0.383 e. The van der Waals surface area contributed by atoms with Gasteiger partial charge in [-0.1, -0.05) is 36.4 Å². The van der Waals surface area contributed by atoms with E-state index in [-0.39, 0.29) is 23.8 Å². The number of likely N-dealkylation sites (tertiary alicyclic amines) is 1. The van der Waals surface area contributed by atoms with Gasteiger partial charge in [0.05, 0.1) is 25.0 Å². The second kappa shape index (κ2) is 9.67. The standard InChI is InChI=1S/C21H26N2O3S/c1-26-12-11-22-21(25)17-9-10-19(16-6-3-2-4-7-16)23(15-17)20(24)14-18-8-5-13-27-18/h2-8,13,17,19H,9-12,14-15H2,1H3,(H,22,25)/t17-,19-/m1/s1. The van der Waals surface area contributed by atoms with Gasteiger partial charge in [-0.2, -0.15) is 0 Å². The van der Waals surface area contributed by atoms with Crippen molar-refractivity contribution in [3.05, 3.63) is 58.3 Å². The van der Waals surface area contributed by atoms with Crippen molar-refractivity contribution in [2.24, 2.45) is 5.92 Å². The van der Waals surface area contributed by atoms with Crippen LogP contribution in [0.5, 0.6) is 0 Å². The van der Waals surface area contributed by atoms with E-state index < -0.39 is 0 Å². The average Bonchev–Trinajstić information content (AvgIpc) is 3.21. The summed E-state index contributed by atoms with van der Waals surface area (Å²) in [6.07, 6.45) is 1.96. The molecular formula is C21H26N2O3S. The molecule has 0 unspecified atom stereocenters. The molecule has 2 heterocycles. The van der Waals surface area contributed by atoms with Crippen molar-refractivity contribution in [2.45, 2.75) is 25.3 Å². The lowest BCUT2D eigenvalue weighted by atomic mass is 9.88. The predicted molar refractivity (Wildman–Crippen MR) is 107 cm³/mol. The van der Waals surface area contributed by atoms with Gasteiger partial charge in [-0.25, -0.2) is 0 Å². The quantitative estimate of drug-likeness (QED) is 0.744. The molecule has 1 aliphatic rings. The van der Waals surface area contributed by atoms with Gasteiger partial charge in [-0.05, 0) is 29.9 Å². The molecule has 1 aromatic heterocycles. The van der Waals surface area contributed by atoms with Gasteiger partial charge in [-0.15, -0.1) is 11.3 Å². The van der Waals surface area contributed by atoms with E-state index in [0.717, 1.165) is 23.3 Å². The van der Waals surface area contributed by atoms with Crippen LogP contribution in [-0.4, -0.2) is 43.5 Å². The van der Waals surface area contributed by atoms with Crippen molar-refractivity contribution >= 4 is 23.2 Å². The smallest absolute Gasteiger partial charge is 0.228 e. The zero-order valence-electron chi connectivity index (χ0n) is 15.6. The zero-order chi connectivity index (χ0) is 19.1. The maximum Gasteiger partial charge on any atom is 0.228 e. The van der Waals surface area contributed by atoms with E-state index in [1.165, 1.54) is 0 Å². The van der Waals surface area contributed by atoms with Gasteiger partial charge in [0.1, 0.15) is 0 Å². The van der Waals surface area contributed by atoms with Crippen LogP contribution in [0.2, 0.25) is 0 Å². The third-order valence-electron chi connectivity index (χ3n) is 4.97. The summed E-state index contributed by atoms with van der Waals surface area (Å²) < 4.78 is 4.99. The van der Waals surface area contributed by atoms with Crippen LogP contribution < -0.4 is 5.32 Å². The van der Waals surface area contributed by atoms with Crippen molar-refractivity contribution in [1.29, 1.82) is 0 Å². The van der Waals surface area contributed by atoms with Crippen LogP contribution in [0.15, 0.2) is 47.8 Å². The number of benzene rings is 1. The van der Waals surface area contributed by atoms with Gasteiger partial charge in [0.2, 0.25) is 11.8 Å². The first kappa shape index (κ1) is 19.6. The fraction of sp³-hybridized carbons (Fsp3) is 0.429. The Morgan fingerprint density at radius 1 is 1.19 bits per heavy atom. The van der Waals surface area contributed by atoms with Crippen LogP contribution in [0.3, 0.4) is 0 Å². The average molecular weight is 387 g/mol. The summed E-state index contributed by atoms with van der Waals surface area (Å²) in [4.78, 5) is 28.5. The molecule has 0 bridgehead atoms.